The van der Waals surface area contributed by atoms with E-state index < -0.39 is 0 Å². The molecule has 0 aliphatic carbocycles. The summed E-state index contributed by atoms with van der Waals surface area (Å²) in [4.78, 5) is 32.9. The molecule has 2 aliphatic rings. The van der Waals surface area contributed by atoms with Crippen LogP contribution in [0.15, 0.2) is 21.3 Å². The summed E-state index contributed by atoms with van der Waals surface area (Å²) in [5.74, 6) is 1.26. The van der Waals surface area contributed by atoms with E-state index in [1.807, 2.05) is 26.6 Å². The molecule has 0 radical (unpaired) electrons. The van der Waals surface area contributed by atoms with Crippen molar-refractivity contribution in [2.75, 3.05) is 32.7 Å². The molecule has 2 aromatic heterocycles. The van der Waals surface area contributed by atoms with Gasteiger partial charge in [0.15, 0.2) is 0 Å². The number of amides is 2. The lowest BCUT2D eigenvalue weighted by atomic mass is 10.0. The van der Waals surface area contributed by atoms with Gasteiger partial charge in [0.25, 0.3) is 0 Å². The molecule has 0 saturated carbocycles. The van der Waals surface area contributed by atoms with Gasteiger partial charge in [-0.05, 0) is 24.3 Å². The monoisotopic (exact) mass is 425 g/mol. The van der Waals surface area contributed by atoms with Crippen molar-refractivity contribution in [3.63, 3.8) is 0 Å². The van der Waals surface area contributed by atoms with E-state index in [2.05, 4.69) is 15.5 Å². The molecule has 10 heteroatoms. The molecule has 2 aliphatic heterocycles. The average molecular weight is 426 g/mol. The lowest BCUT2D eigenvalue weighted by Crippen LogP contribution is -2.57. The van der Waals surface area contributed by atoms with Crippen molar-refractivity contribution in [1.29, 1.82) is 0 Å². The lowest BCUT2D eigenvalue weighted by molar-refractivity contribution is -0.140. The summed E-state index contributed by atoms with van der Waals surface area (Å²) in [6.07, 6.45) is 2.66. The summed E-state index contributed by atoms with van der Waals surface area (Å²) in [7, 11) is 0. The minimum Gasteiger partial charge on any atom is -0.341 e. The minimum absolute atomic E-state index is 0. The Morgan fingerprint density at radius 2 is 2.29 bits per heavy atom. The van der Waals surface area contributed by atoms with Crippen LogP contribution in [0, 0.1) is 0 Å². The Hall–Kier alpha value is -1.97. The van der Waals surface area contributed by atoms with Gasteiger partial charge in [0.1, 0.15) is 0 Å². The molecule has 0 aromatic carbocycles. The molecule has 1 unspecified atom stereocenters. The van der Waals surface area contributed by atoms with Crippen LogP contribution in [0.25, 0.3) is 11.4 Å². The number of nitrogens with zero attached hydrogens (tertiary/aromatic N) is 4. The van der Waals surface area contributed by atoms with Crippen molar-refractivity contribution in [3.05, 3.63) is 22.7 Å². The Kier molecular flexibility index (Phi) is 7.03. The number of nitrogens with one attached hydrogen (secondary N) is 1. The second-order valence-electron chi connectivity index (χ2n) is 6.92. The van der Waals surface area contributed by atoms with Gasteiger partial charge in [-0.2, -0.15) is 16.3 Å². The fourth-order valence-corrected chi connectivity index (χ4v) is 4.31. The lowest BCUT2D eigenvalue weighted by Gasteiger charge is -2.41. The van der Waals surface area contributed by atoms with Crippen LogP contribution in [0.4, 0.5) is 0 Å². The van der Waals surface area contributed by atoms with E-state index in [0.29, 0.717) is 37.6 Å². The highest BCUT2D eigenvalue weighted by Gasteiger charge is 2.31. The van der Waals surface area contributed by atoms with Crippen molar-refractivity contribution < 1.29 is 14.1 Å². The number of thiophene rings is 1. The van der Waals surface area contributed by atoms with Gasteiger partial charge in [-0.3, -0.25) is 9.59 Å². The Labute approximate surface area is 173 Å². The highest BCUT2D eigenvalue weighted by molar-refractivity contribution is 7.08. The number of aromatic nitrogens is 2. The van der Waals surface area contributed by atoms with Crippen molar-refractivity contribution in [1.82, 2.24) is 25.3 Å². The molecule has 28 heavy (non-hydrogen) atoms. The molecule has 4 heterocycles. The molecule has 2 amide bonds. The fourth-order valence-electron chi connectivity index (χ4n) is 3.68. The smallest absolute Gasteiger partial charge is 0.236 e. The topological polar surface area (TPSA) is 91.6 Å². The van der Waals surface area contributed by atoms with Crippen LogP contribution in [0.2, 0.25) is 0 Å². The van der Waals surface area contributed by atoms with Crippen molar-refractivity contribution in [2.24, 2.45) is 0 Å². The van der Waals surface area contributed by atoms with Crippen LogP contribution in [0.1, 0.15) is 25.2 Å². The first-order valence-electron chi connectivity index (χ1n) is 9.34. The maximum absolute atomic E-state index is 12.6. The maximum atomic E-state index is 12.6. The first kappa shape index (κ1) is 20.8. The van der Waals surface area contributed by atoms with Gasteiger partial charge < -0.3 is 19.6 Å². The number of carbonyl (C=O) groups is 2. The maximum Gasteiger partial charge on any atom is 0.236 e. The highest BCUT2D eigenvalue weighted by Crippen LogP contribution is 2.20. The zero-order valence-electron chi connectivity index (χ0n) is 15.5. The third-order valence-corrected chi connectivity index (χ3v) is 5.80. The molecule has 0 spiro atoms. The summed E-state index contributed by atoms with van der Waals surface area (Å²) in [5.41, 5.74) is 0.931. The number of carbonyl (C=O) groups excluding carboxylic acids is 2. The normalized spacial score (nSPS) is 20.1. The zero-order chi connectivity index (χ0) is 18.6. The Morgan fingerprint density at radius 3 is 3.07 bits per heavy atom. The summed E-state index contributed by atoms with van der Waals surface area (Å²) in [5, 5.41) is 11.0. The van der Waals surface area contributed by atoms with Gasteiger partial charge in [0, 0.05) is 56.0 Å². The predicted octanol–water partition coefficient (Wildman–Crippen LogP) is 1.58. The van der Waals surface area contributed by atoms with E-state index in [9.17, 15) is 9.59 Å². The van der Waals surface area contributed by atoms with Gasteiger partial charge in [0.2, 0.25) is 23.5 Å². The molecule has 0 bridgehead atoms. The third-order valence-electron chi connectivity index (χ3n) is 5.12. The summed E-state index contributed by atoms with van der Waals surface area (Å²) < 4.78 is 5.27. The number of rotatable bonds is 5. The second-order valence-corrected chi connectivity index (χ2v) is 7.70. The summed E-state index contributed by atoms with van der Waals surface area (Å²) >= 11 is 1.58. The Balaban J connectivity index is 0.00000225. The number of hydrogen-bond acceptors (Lipinski definition) is 7. The van der Waals surface area contributed by atoms with E-state index in [1.54, 1.807) is 11.3 Å². The molecule has 1 N–H and O–H groups in total. The molecule has 8 nitrogen and oxygen atoms in total. The molecule has 152 valence electrons. The largest absolute Gasteiger partial charge is 0.341 e. The van der Waals surface area contributed by atoms with E-state index in [0.717, 1.165) is 38.0 Å². The van der Waals surface area contributed by atoms with Crippen LogP contribution in [0.3, 0.4) is 0 Å². The molecule has 2 fully saturated rings. The minimum atomic E-state index is 0. The molecule has 2 saturated heterocycles. The van der Waals surface area contributed by atoms with Crippen LogP contribution < -0.4 is 5.32 Å². The molecule has 1 atom stereocenters. The van der Waals surface area contributed by atoms with Crippen LogP contribution in [0.5, 0.6) is 0 Å². The van der Waals surface area contributed by atoms with Gasteiger partial charge in [-0.25, -0.2) is 0 Å². The van der Waals surface area contributed by atoms with Crippen molar-refractivity contribution in [3.8, 4) is 11.4 Å². The van der Waals surface area contributed by atoms with Crippen LogP contribution >= 0.6 is 23.7 Å². The predicted molar refractivity (Wildman–Crippen MR) is 107 cm³/mol. The van der Waals surface area contributed by atoms with E-state index >= 15 is 0 Å². The average Bonchev–Trinajstić information content (AvgIpc) is 3.38. The number of piperidine rings is 1. The first-order chi connectivity index (χ1) is 13.2. The second kappa shape index (κ2) is 9.49. The Bertz CT molecular complexity index is 797. The molecular formula is C18H24ClN5O3S. The van der Waals surface area contributed by atoms with Crippen molar-refractivity contribution in [2.45, 2.75) is 31.7 Å². The van der Waals surface area contributed by atoms with Crippen LogP contribution in [-0.2, 0) is 16.0 Å². The molecular weight excluding hydrogens is 402 g/mol. The fraction of sp³-hybridized carbons (Fsp3) is 0.556. The summed E-state index contributed by atoms with van der Waals surface area (Å²) in [6, 6.07) is 2.07. The number of piperazine rings is 1. The van der Waals surface area contributed by atoms with Crippen molar-refractivity contribution >= 4 is 35.6 Å². The standard InChI is InChI=1S/C18H23N5O3S.ClH/c24-16(4-3-15-20-18(21-26-15)13-5-9-27-12-13)22-7-1-2-14(11-22)23-8-6-19-10-17(23)25;/h5,9,12,14,19H,1-4,6-8,10-11H2;1H. The quantitative estimate of drug-likeness (QED) is 0.781. The number of aryl methyl sites for hydroxylation is 1. The molecule has 4 rings (SSSR count). The summed E-state index contributed by atoms with van der Waals surface area (Å²) in [6.45, 7) is 3.31. The first-order valence-corrected chi connectivity index (χ1v) is 10.3. The van der Waals surface area contributed by atoms with Gasteiger partial charge in [0.05, 0.1) is 6.54 Å². The number of likely N-dealkylation sites (tertiary alicyclic amines) is 1. The Morgan fingerprint density at radius 1 is 1.39 bits per heavy atom. The third kappa shape index (κ3) is 4.71. The highest BCUT2D eigenvalue weighted by atomic mass is 35.5. The van der Waals surface area contributed by atoms with E-state index in [4.69, 9.17) is 4.52 Å². The van der Waals surface area contributed by atoms with E-state index in [1.165, 1.54) is 0 Å². The van der Waals surface area contributed by atoms with Crippen LogP contribution in [-0.4, -0.2) is 70.5 Å². The SMILES string of the molecule is Cl.O=C(CCc1nc(-c2ccsc2)no1)N1CCCC(N2CCNCC2=O)C1. The number of hydrogen-bond donors (Lipinski definition) is 1. The van der Waals surface area contributed by atoms with Gasteiger partial charge in [-0.1, -0.05) is 5.16 Å². The number of halogens is 1. The zero-order valence-corrected chi connectivity index (χ0v) is 17.1. The molecule has 2 aromatic rings. The van der Waals surface area contributed by atoms with E-state index in [-0.39, 0.29) is 30.3 Å². The van der Waals surface area contributed by atoms with Gasteiger partial charge in [-0.15, -0.1) is 12.4 Å². The van der Waals surface area contributed by atoms with Gasteiger partial charge >= 0.3 is 0 Å².